The monoisotopic (exact) mass is 324 g/mol. The molecule has 1 fully saturated rings. The Kier molecular flexibility index (Phi) is 5.58. The van der Waals surface area contributed by atoms with E-state index in [-0.39, 0.29) is 18.4 Å². The van der Waals surface area contributed by atoms with Crippen LogP contribution in [0.5, 0.6) is 0 Å². The lowest BCUT2D eigenvalue weighted by Crippen LogP contribution is -2.37. The maximum atomic E-state index is 12.3. The van der Waals surface area contributed by atoms with E-state index in [1.54, 1.807) is 19.1 Å². The third-order valence-corrected chi connectivity index (χ3v) is 5.68. The van der Waals surface area contributed by atoms with Crippen molar-refractivity contribution >= 4 is 15.9 Å². The van der Waals surface area contributed by atoms with E-state index in [9.17, 15) is 13.2 Å². The summed E-state index contributed by atoms with van der Waals surface area (Å²) >= 11 is 0. The minimum atomic E-state index is -3.53. The lowest BCUT2D eigenvalue weighted by Gasteiger charge is -2.12. The van der Waals surface area contributed by atoms with Crippen molar-refractivity contribution in [3.63, 3.8) is 0 Å². The molecule has 22 heavy (non-hydrogen) atoms. The molecule has 1 aliphatic carbocycles. The Morgan fingerprint density at radius 1 is 1.18 bits per heavy atom. The highest BCUT2D eigenvalue weighted by molar-refractivity contribution is 7.89. The molecule has 0 aliphatic heterocycles. The number of rotatable bonds is 6. The molecular weight excluding hydrogens is 300 g/mol. The predicted molar refractivity (Wildman–Crippen MR) is 86.1 cm³/mol. The van der Waals surface area contributed by atoms with E-state index in [4.69, 9.17) is 0 Å². The lowest BCUT2D eigenvalue weighted by atomic mass is 10.1. The summed E-state index contributed by atoms with van der Waals surface area (Å²) in [6.07, 6.45) is 4.11. The first kappa shape index (κ1) is 17.0. The highest BCUT2D eigenvalue weighted by atomic mass is 32.2. The van der Waals surface area contributed by atoms with Crippen LogP contribution in [0.15, 0.2) is 23.1 Å². The fraction of sp³-hybridized carbons (Fsp3) is 0.562. The van der Waals surface area contributed by atoms with E-state index in [0.717, 1.165) is 31.2 Å². The second-order valence-corrected chi connectivity index (χ2v) is 7.67. The van der Waals surface area contributed by atoms with E-state index in [1.807, 2.05) is 13.0 Å². The first-order chi connectivity index (χ1) is 10.4. The van der Waals surface area contributed by atoms with Crippen LogP contribution in [-0.2, 0) is 14.8 Å². The first-order valence-electron chi connectivity index (χ1n) is 7.75. The quantitative estimate of drug-likeness (QED) is 0.785. The average Bonchev–Trinajstić information content (AvgIpc) is 3.00. The van der Waals surface area contributed by atoms with Gasteiger partial charge < -0.3 is 5.32 Å². The van der Waals surface area contributed by atoms with Gasteiger partial charge in [0.15, 0.2) is 0 Å². The molecule has 0 saturated heterocycles. The molecule has 1 saturated carbocycles. The molecule has 1 aromatic carbocycles. The standard InChI is InChI=1S/C16H24N2O3S/c1-12-7-8-13(2)15(11-12)22(20,21)18-10-9-17-16(19)14-5-3-4-6-14/h7-8,11,14,18H,3-6,9-10H2,1-2H3,(H,17,19). The molecule has 5 nitrogen and oxygen atoms in total. The highest BCUT2D eigenvalue weighted by Gasteiger charge is 2.22. The van der Waals surface area contributed by atoms with Crippen LogP contribution < -0.4 is 10.0 Å². The van der Waals surface area contributed by atoms with Crippen molar-refractivity contribution in [2.45, 2.75) is 44.4 Å². The van der Waals surface area contributed by atoms with Gasteiger partial charge in [-0.05, 0) is 43.9 Å². The first-order valence-corrected chi connectivity index (χ1v) is 9.23. The third kappa shape index (κ3) is 4.30. The Morgan fingerprint density at radius 2 is 1.86 bits per heavy atom. The van der Waals surface area contributed by atoms with Crippen LogP contribution in [0, 0.1) is 19.8 Å². The molecule has 2 N–H and O–H groups in total. The van der Waals surface area contributed by atoms with Gasteiger partial charge in [-0.25, -0.2) is 13.1 Å². The maximum Gasteiger partial charge on any atom is 0.240 e. The second-order valence-electron chi connectivity index (χ2n) is 5.94. The zero-order chi connectivity index (χ0) is 16.2. The number of carbonyl (C=O) groups excluding carboxylic acids is 1. The van der Waals surface area contributed by atoms with Crippen LogP contribution in [0.25, 0.3) is 0 Å². The van der Waals surface area contributed by atoms with E-state index in [0.29, 0.717) is 17.0 Å². The zero-order valence-electron chi connectivity index (χ0n) is 13.2. The summed E-state index contributed by atoms with van der Waals surface area (Å²) < 4.78 is 27.1. The summed E-state index contributed by atoms with van der Waals surface area (Å²) in [5.74, 6) is 0.152. The lowest BCUT2D eigenvalue weighted by molar-refractivity contribution is -0.124. The van der Waals surface area contributed by atoms with Crippen LogP contribution in [0.2, 0.25) is 0 Å². The summed E-state index contributed by atoms with van der Waals surface area (Å²) in [6.45, 7) is 4.16. The molecule has 0 spiro atoms. The van der Waals surface area contributed by atoms with E-state index in [2.05, 4.69) is 10.0 Å². The van der Waals surface area contributed by atoms with Gasteiger partial charge in [0, 0.05) is 19.0 Å². The number of nitrogens with one attached hydrogen (secondary N) is 2. The number of sulfonamides is 1. The number of amides is 1. The van der Waals surface area contributed by atoms with Crippen LogP contribution >= 0.6 is 0 Å². The second kappa shape index (κ2) is 7.24. The minimum Gasteiger partial charge on any atom is -0.355 e. The molecule has 0 radical (unpaired) electrons. The van der Waals surface area contributed by atoms with Crippen LogP contribution in [0.3, 0.4) is 0 Å². The Balaban J connectivity index is 1.85. The number of carbonyl (C=O) groups is 1. The molecule has 6 heteroatoms. The number of hydrogen-bond acceptors (Lipinski definition) is 3. The molecular formula is C16H24N2O3S. The molecule has 1 aliphatic rings. The number of aryl methyl sites for hydroxylation is 2. The van der Waals surface area contributed by atoms with Crippen molar-refractivity contribution < 1.29 is 13.2 Å². The summed E-state index contributed by atoms with van der Waals surface area (Å²) in [5.41, 5.74) is 1.62. The number of hydrogen-bond donors (Lipinski definition) is 2. The predicted octanol–water partition coefficient (Wildman–Crippen LogP) is 1.89. The summed E-state index contributed by atoms with van der Waals surface area (Å²) in [4.78, 5) is 12.2. The minimum absolute atomic E-state index is 0.0448. The van der Waals surface area contributed by atoms with Crippen molar-refractivity contribution in [2.75, 3.05) is 13.1 Å². The van der Waals surface area contributed by atoms with Gasteiger partial charge in [0.1, 0.15) is 0 Å². The van der Waals surface area contributed by atoms with Gasteiger partial charge in [-0.2, -0.15) is 0 Å². The Labute approximate surface area is 132 Å². The molecule has 2 rings (SSSR count). The highest BCUT2D eigenvalue weighted by Crippen LogP contribution is 2.24. The number of benzene rings is 1. The third-order valence-electron chi connectivity index (χ3n) is 4.08. The van der Waals surface area contributed by atoms with Gasteiger partial charge in [0.2, 0.25) is 15.9 Å². The van der Waals surface area contributed by atoms with Crippen molar-refractivity contribution in [1.82, 2.24) is 10.0 Å². The SMILES string of the molecule is Cc1ccc(C)c(S(=O)(=O)NCCNC(=O)C2CCCC2)c1. The van der Waals surface area contributed by atoms with Crippen molar-refractivity contribution in [1.29, 1.82) is 0 Å². The molecule has 1 aromatic rings. The largest absolute Gasteiger partial charge is 0.355 e. The van der Waals surface area contributed by atoms with Crippen molar-refractivity contribution in [2.24, 2.45) is 5.92 Å². The van der Waals surface area contributed by atoms with Crippen LogP contribution in [0.4, 0.5) is 0 Å². The molecule has 0 atom stereocenters. The molecule has 0 unspecified atom stereocenters. The normalized spacial score (nSPS) is 15.9. The zero-order valence-corrected chi connectivity index (χ0v) is 14.0. The van der Waals surface area contributed by atoms with Gasteiger partial charge in [-0.3, -0.25) is 4.79 Å². The molecule has 0 heterocycles. The molecule has 122 valence electrons. The van der Waals surface area contributed by atoms with Gasteiger partial charge in [0.25, 0.3) is 0 Å². The summed E-state index contributed by atoms with van der Waals surface area (Å²) in [7, 11) is -3.53. The topological polar surface area (TPSA) is 75.3 Å². The molecule has 1 amide bonds. The van der Waals surface area contributed by atoms with E-state index < -0.39 is 10.0 Å². The maximum absolute atomic E-state index is 12.3. The fourth-order valence-corrected chi connectivity index (χ4v) is 4.14. The van der Waals surface area contributed by atoms with Crippen molar-refractivity contribution in [3.05, 3.63) is 29.3 Å². The van der Waals surface area contributed by atoms with Crippen LogP contribution in [-0.4, -0.2) is 27.4 Å². The van der Waals surface area contributed by atoms with Gasteiger partial charge in [-0.1, -0.05) is 25.0 Å². The van der Waals surface area contributed by atoms with Crippen LogP contribution in [0.1, 0.15) is 36.8 Å². The summed E-state index contributed by atoms with van der Waals surface area (Å²) in [5, 5.41) is 2.81. The van der Waals surface area contributed by atoms with E-state index >= 15 is 0 Å². The van der Waals surface area contributed by atoms with Gasteiger partial charge in [0.05, 0.1) is 4.90 Å². The Bertz CT molecular complexity index is 635. The van der Waals surface area contributed by atoms with Gasteiger partial charge >= 0.3 is 0 Å². The smallest absolute Gasteiger partial charge is 0.240 e. The molecule has 0 aromatic heterocycles. The Morgan fingerprint density at radius 3 is 2.55 bits per heavy atom. The summed E-state index contributed by atoms with van der Waals surface area (Å²) in [6, 6.07) is 5.34. The fourth-order valence-electron chi connectivity index (χ4n) is 2.78. The molecule has 0 bridgehead atoms. The van der Waals surface area contributed by atoms with E-state index in [1.165, 1.54) is 0 Å². The Hall–Kier alpha value is -1.40. The average molecular weight is 324 g/mol. The van der Waals surface area contributed by atoms with Crippen molar-refractivity contribution in [3.8, 4) is 0 Å². The van der Waals surface area contributed by atoms with Gasteiger partial charge in [-0.15, -0.1) is 0 Å².